The lowest BCUT2D eigenvalue weighted by Crippen LogP contribution is -2.28. The predicted molar refractivity (Wildman–Crippen MR) is 70.5 cm³/mol. The number of hydrogen-bond acceptors (Lipinski definition) is 6. The fourth-order valence-electron chi connectivity index (χ4n) is 1.51. The van der Waals surface area contributed by atoms with Crippen molar-refractivity contribution in [3.8, 4) is 0 Å². The van der Waals surface area contributed by atoms with Crippen molar-refractivity contribution >= 4 is 21.2 Å². The van der Waals surface area contributed by atoms with Crippen molar-refractivity contribution in [1.29, 1.82) is 0 Å². The summed E-state index contributed by atoms with van der Waals surface area (Å²) in [6.07, 6.45) is 1.28. The average Bonchev–Trinajstić information content (AvgIpc) is 2.71. The van der Waals surface area contributed by atoms with Gasteiger partial charge in [-0.3, -0.25) is 11.3 Å². The molecule has 5 nitrogen and oxygen atoms in total. The van der Waals surface area contributed by atoms with Crippen LogP contribution in [0, 0.1) is 6.92 Å². The number of sulfone groups is 1. The van der Waals surface area contributed by atoms with Gasteiger partial charge in [0.2, 0.25) is 0 Å². The van der Waals surface area contributed by atoms with Crippen LogP contribution >= 0.6 is 11.3 Å². The summed E-state index contributed by atoms with van der Waals surface area (Å²) in [6.45, 7) is 3.60. The fraction of sp³-hybridized carbons (Fsp3) is 0.700. The van der Waals surface area contributed by atoms with Crippen molar-refractivity contribution in [3.63, 3.8) is 0 Å². The molecule has 0 fully saturated rings. The van der Waals surface area contributed by atoms with E-state index in [1.807, 2.05) is 12.3 Å². The highest BCUT2D eigenvalue weighted by Crippen LogP contribution is 2.20. The van der Waals surface area contributed by atoms with Crippen molar-refractivity contribution in [2.24, 2.45) is 5.84 Å². The largest absolute Gasteiger partial charge is 0.271 e. The summed E-state index contributed by atoms with van der Waals surface area (Å²) < 4.78 is 22.7. The molecule has 17 heavy (non-hydrogen) atoms. The smallest absolute Gasteiger partial charge is 0.150 e. The Labute approximate surface area is 106 Å². The minimum atomic E-state index is -2.89. The van der Waals surface area contributed by atoms with Crippen molar-refractivity contribution in [2.75, 3.05) is 11.5 Å². The van der Waals surface area contributed by atoms with Crippen molar-refractivity contribution < 1.29 is 8.42 Å². The second-order valence-electron chi connectivity index (χ2n) is 3.89. The molecule has 0 bridgehead atoms. The minimum absolute atomic E-state index is 0.0630. The lowest BCUT2D eigenvalue weighted by molar-refractivity contribution is 0.498. The van der Waals surface area contributed by atoms with Crippen LogP contribution in [0.15, 0.2) is 5.38 Å². The SMILES string of the molecule is CCS(=O)(=O)CCCC(NN)c1csc(C)n1. The van der Waals surface area contributed by atoms with Gasteiger partial charge >= 0.3 is 0 Å². The van der Waals surface area contributed by atoms with Gasteiger partial charge in [0.15, 0.2) is 0 Å². The van der Waals surface area contributed by atoms with Gasteiger partial charge in [0.1, 0.15) is 9.84 Å². The standard InChI is InChI=1S/C10H19N3O2S2/c1-3-17(14,15)6-4-5-9(13-11)10-7-16-8(2)12-10/h7,9,13H,3-6,11H2,1-2H3. The van der Waals surface area contributed by atoms with Crippen LogP contribution in [0.3, 0.4) is 0 Å². The van der Waals surface area contributed by atoms with Crippen molar-refractivity contribution in [2.45, 2.75) is 32.7 Å². The first-order valence-corrected chi connectivity index (χ1v) is 8.27. The highest BCUT2D eigenvalue weighted by molar-refractivity contribution is 7.91. The summed E-state index contributed by atoms with van der Waals surface area (Å²) in [7, 11) is -2.89. The maximum atomic E-state index is 11.3. The Morgan fingerprint density at radius 2 is 2.29 bits per heavy atom. The molecule has 0 aliphatic carbocycles. The van der Waals surface area contributed by atoms with E-state index in [-0.39, 0.29) is 17.5 Å². The first kappa shape index (κ1) is 14.6. The highest BCUT2D eigenvalue weighted by atomic mass is 32.2. The third kappa shape index (κ3) is 4.71. The maximum absolute atomic E-state index is 11.3. The van der Waals surface area contributed by atoms with Crippen LogP contribution in [0.25, 0.3) is 0 Å². The van der Waals surface area contributed by atoms with Gasteiger partial charge in [0.05, 0.1) is 22.5 Å². The Morgan fingerprint density at radius 3 is 2.76 bits per heavy atom. The van der Waals surface area contributed by atoms with Crippen LogP contribution in [0.2, 0.25) is 0 Å². The summed E-state index contributed by atoms with van der Waals surface area (Å²) in [6, 6.07) is -0.0630. The van der Waals surface area contributed by atoms with Crippen LogP contribution < -0.4 is 11.3 Å². The molecule has 0 aliphatic rings. The highest BCUT2D eigenvalue weighted by Gasteiger charge is 2.14. The van der Waals surface area contributed by atoms with Crippen LogP contribution in [0.4, 0.5) is 0 Å². The number of thiazole rings is 1. The summed E-state index contributed by atoms with van der Waals surface area (Å²) >= 11 is 1.57. The van der Waals surface area contributed by atoms with Gasteiger partial charge in [-0.15, -0.1) is 11.3 Å². The third-order valence-corrected chi connectivity index (χ3v) is 5.17. The zero-order valence-electron chi connectivity index (χ0n) is 10.1. The normalized spacial score (nSPS) is 13.8. The van der Waals surface area contributed by atoms with Crippen LogP contribution in [0.1, 0.15) is 36.5 Å². The van der Waals surface area contributed by atoms with E-state index in [1.54, 1.807) is 18.3 Å². The summed E-state index contributed by atoms with van der Waals surface area (Å²) in [5.41, 5.74) is 3.58. The summed E-state index contributed by atoms with van der Waals surface area (Å²) in [4.78, 5) is 4.34. The number of rotatable bonds is 7. The zero-order chi connectivity index (χ0) is 12.9. The topological polar surface area (TPSA) is 85.1 Å². The van der Waals surface area contributed by atoms with Gasteiger partial charge < -0.3 is 0 Å². The molecule has 1 aromatic heterocycles. The van der Waals surface area contributed by atoms with Crippen LogP contribution in [-0.2, 0) is 9.84 Å². The molecule has 0 saturated carbocycles. The molecule has 0 aromatic carbocycles. The number of aromatic nitrogens is 1. The van der Waals surface area contributed by atoms with E-state index in [4.69, 9.17) is 5.84 Å². The van der Waals surface area contributed by atoms with Crippen LogP contribution in [0.5, 0.6) is 0 Å². The molecule has 1 atom stereocenters. The molecule has 0 radical (unpaired) electrons. The van der Waals surface area contributed by atoms with E-state index in [2.05, 4.69) is 10.4 Å². The maximum Gasteiger partial charge on any atom is 0.150 e. The number of nitrogens with one attached hydrogen (secondary N) is 1. The van der Waals surface area contributed by atoms with Gasteiger partial charge in [-0.1, -0.05) is 6.92 Å². The second-order valence-corrected chi connectivity index (χ2v) is 7.42. The number of aryl methyl sites for hydroxylation is 1. The molecule has 1 aromatic rings. The molecule has 0 saturated heterocycles. The Balaban J connectivity index is 2.49. The van der Waals surface area contributed by atoms with Gasteiger partial charge in [0, 0.05) is 11.1 Å². The Bertz CT molecular complexity index is 442. The van der Waals surface area contributed by atoms with E-state index in [0.29, 0.717) is 12.8 Å². The Kier molecular flexibility index (Phi) is 5.51. The van der Waals surface area contributed by atoms with E-state index < -0.39 is 9.84 Å². The molecule has 1 heterocycles. The van der Waals surface area contributed by atoms with E-state index in [9.17, 15) is 8.42 Å². The molecule has 7 heteroatoms. The quantitative estimate of drug-likeness (QED) is 0.577. The first-order chi connectivity index (χ1) is 7.98. The first-order valence-electron chi connectivity index (χ1n) is 5.57. The van der Waals surface area contributed by atoms with E-state index >= 15 is 0 Å². The number of nitrogens with zero attached hydrogens (tertiary/aromatic N) is 1. The van der Waals surface area contributed by atoms with Gasteiger partial charge in [-0.2, -0.15) is 0 Å². The van der Waals surface area contributed by atoms with Gasteiger partial charge in [-0.05, 0) is 19.8 Å². The second kappa shape index (κ2) is 6.44. The molecule has 1 unspecified atom stereocenters. The Morgan fingerprint density at radius 1 is 1.59 bits per heavy atom. The van der Waals surface area contributed by atoms with Crippen molar-refractivity contribution in [3.05, 3.63) is 16.1 Å². The van der Waals surface area contributed by atoms with E-state index in [0.717, 1.165) is 10.7 Å². The molecule has 3 N–H and O–H groups in total. The van der Waals surface area contributed by atoms with Gasteiger partial charge in [0.25, 0.3) is 0 Å². The molecular weight excluding hydrogens is 258 g/mol. The third-order valence-electron chi connectivity index (χ3n) is 2.58. The lowest BCUT2D eigenvalue weighted by Gasteiger charge is -2.13. The number of hydrazine groups is 1. The molecule has 98 valence electrons. The van der Waals surface area contributed by atoms with Crippen molar-refractivity contribution in [1.82, 2.24) is 10.4 Å². The molecule has 0 aliphatic heterocycles. The zero-order valence-corrected chi connectivity index (χ0v) is 11.8. The average molecular weight is 277 g/mol. The summed E-state index contributed by atoms with van der Waals surface area (Å²) in [5.74, 6) is 5.87. The minimum Gasteiger partial charge on any atom is -0.271 e. The Hall–Kier alpha value is -0.500. The number of nitrogens with two attached hydrogens (primary N) is 1. The van der Waals surface area contributed by atoms with Crippen LogP contribution in [-0.4, -0.2) is 24.9 Å². The summed E-state index contributed by atoms with van der Waals surface area (Å²) in [5, 5.41) is 2.94. The van der Waals surface area contributed by atoms with E-state index in [1.165, 1.54) is 0 Å². The van der Waals surface area contributed by atoms with Gasteiger partial charge in [-0.25, -0.2) is 13.4 Å². The number of hydrogen-bond donors (Lipinski definition) is 2. The molecular formula is C10H19N3O2S2. The fourth-order valence-corrected chi connectivity index (χ4v) is 3.07. The predicted octanol–water partition coefficient (Wildman–Crippen LogP) is 1.17. The lowest BCUT2D eigenvalue weighted by atomic mass is 10.1. The molecule has 0 spiro atoms. The molecule has 1 rings (SSSR count). The molecule has 0 amide bonds. The monoisotopic (exact) mass is 277 g/mol.